The van der Waals surface area contributed by atoms with Crippen LogP contribution in [0, 0.1) is 5.92 Å². The van der Waals surface area contributed by atoms with Crippen LogP contribution < -0.4 is 4.74 Å². The summed E-state index contributed by atoms with van der Waals surface area (Å²) in [7, 11) is -3.68. The van der Waals surface area contributed by atoms with Crippen LogP contribution in [0.15, 0.2) is 53.4 Å². The van der Waals surface area contributed by atoms with Gasteiger partial charge in [0.2, 0.25) is 10.0 Å². The van der Waals surface area contributed by atoms with Gasteiger partial charge in [-0.25, -0.2) is 8.42 Å². The molecule has 1 aliphatic heterocycles. The minimum Gasteiger partial charge on any atom is -0.491 e. The Balaban J connectivity index is 1.62. The van der Waals surface area contributed by atoms with Crippen LogP contribution in [-0.4, -0.2) is 52.8 Å². The van der Waals surface area contributed by atoms with Crippen LogP contribution >= 0.6 is 0 Å². The van der Waals surface area contributed by atoms with E-state index in [1.54, 1.807) is 28.9 Å². The molecule has 170 valence electrons. The quantitative estimate of drug-likeness (QED) is 0.584. The number of carbonyl (C=O) groups is 1. The maximum atomic E-state index is 13.3. The zero-order valence-corrected chi connectivity index (χ0v) is 19.1. The molecule has 1 N–H and O–H groups in total. The van der Waals surface area contributed by atoms with E-state index in [2.05, 4.69) is 5.10 Å². The van der Waals surface area contributed by atoms with Crippen molar-refractivity contribution in [1.29, 1.82) is 0 Å². The maximum absolute atomic E-state index is 13.3. The molecular weight excluding hydrogens is 430 g/mol. The van der Waals surface area contributed by atoms with Gasteiger partial charge in [0.1, 0.15) is 5.75 Å². The second kappa shape index (κ2) is 8.55. The largest absolute Gasteiger partial charge is 0.491 e. The number of ether oxygens (including phenoxy) is 1. The Morgan fingerprint density at radius 1 is 1.16 bits per heavy atom. The number of carboxylic acids is 1. The van der Waals surface area contributed by atoms with Gasteiger partial charge in [0.05, 0.1) is 34.7 Å². The molecule has 4 rings (SSSR count). The predicted molar refractivity (Wildman–Crippen MR) is 120 cm³/mol. The second-order valence-electron chi connectivity index (χ2n) is 8.48. The van der Waals surface area contributed by atoms with Crippen LogP contribution in [0.1, 0.15) is 32.5 Å². The molecule has 0 saturated carbocycles. The first kappa shape index (κ1) is 22.3. The molecule has 32 heavy (non-hydrogen) atoms. The van der Waals surface area contributed by atoms with Gasteiger partial charge in [0, 0.05) is 18.5 Å². The number of hydrogen-bond acceptors (Lipinski definition) is 5. The molecule has 0 aliphatic carbocycles. The summed E-state index contributed by atoms with van der Waals surface area (Å²) in [4.78, 5) is 11.5. The van der Waals surface area contributed by atoms with Crippen molar-refractivity contribution in [2.75, 3.05) is 13.1 Å². The highest BCUT2D eigenvalue weighted by Gasteiger charge is 2.39. The number of sulfonamides is 1. The van der Waals surface area contributed by atoms with E-state index in [4.69, 9.17) is 4.74 Å². The van der Waals surface area contributed by atoms with Crippen molar-refractivity contribution < 1.29 is 23.1 Å². The van der Waals surface area contributed by atoms with Crippen molar-refractivity contribution in [3.05, 3.63) is 54.2 Å². The SMILES string of the molecule is CC(C)Oc1ccc(S(=O)(=O)N2C[C@@H](C)[C@H](n3nc(CC(=O)O)c4ccccc43)C2)cc1. The van der Waals surface area contributed by atoms with Crippen molar-refractivity contribution in [3.63, 3.8) is 0 Å². The van der Waals surface area contributed by atoms with E-state index in [9.17, 15) is 18.3 Å². The molecule has 9 heteroatoms. The Kier molecular flexibility index (Phi) is 5.96. The van der Waals surface area contributed by atoms with E-state index >= 15 is 0 Å². The van der Waals surface area contributed by atoms with Crippen molar-refractivity contribution in [2.24, 2.45) is 5.92 Å². The van der Waals surface area contributed by atoms with Gasteiger partial charge < -0.3 is 9.84 Å². The summed E-state index contributed by atoms with van der Waals surface area (Å²) in [5.74, 6) is -0.316. The van der Waals surface area contributed by atoms with E-state index in [1.165, 1.54) is 4.31 Å². The average molecular weight is 458 g/mol. The average Bonchev–Trinajstić information content (AvgIpc) is 3.29. The van der Waals surface area contributed by atoms with Crippen LogP contribution in [0.3, 0.4) is 0 Å². The van der Waals surface area contributed by atoms with Crippen LogP contribution in [-0.2, 0) is 21.2 Å². The number of aromatic nitrogens is 2. The molecule has 0 bridgehead atoms. The molecule has 1 aliphatic rings. The van der Waals surface area contributed by atoms with Gasteiger partial charge in [-0.1, -0.05) is 25.1 Å². The zero-order chi connectivity index (χ0) is 23.0. The molecule has 8 nitrogen and oxygen atoms in total. The lowest BCUT2D eigenvalue weighted by Gasteiger charge is -2.18. The minimum atomic E-state index is -3.68. The second-order valence-corrected chi connectivity index (χ2v) is 10.4. The first-order valence-electron chi connectivity index (χ1n) is 10.6. The van der Waals surface area contributed by atoms with Crippen molar-refractivity contribution >= 4 is 26.9 Å². The molecule has 2 heterocycles. The van der Waals surface area contributed by atoms with Crippen LogP contribution in [0.4, 0.5) is 0 Å². The topological polar surface area (TPSA) is 102 Å². The number of nitrogens with zero attached hydrogens (tertiary/aromatic N) is 3. The van der Waals surface area contributed by atoms with Crippen LogP contribution in [0.2, 0.25) is 0 Å². The predicted octanol–water partition coefficient (Wildman–Crippen LogP) is 3.33. The molecule has 3 aromatic rings. The molecule has 2 aromatic carbocycles. The Morgan fingerprint density at radius 3 is 2.50 bits per heavy atom. The zero-order valence-electron chi connectivity index (χ0n) is 18.3. The van der Waals surface area contributed by atoms with Gasteiger partial charge >= 0.3 is 5.97 Å². The van der Waals surface area contributed by atoms with Gasteiger partial charge in [-0.3, -0.25) is 9.48 Å². The Labute approximate surface area is 187 Å². The summed E-state index contributed by atoms with van der Waals surface area (Å²) in [6.45, 7) is 6.45. The third kappa shape index (κ3) is 4.22. The maximum Gasteiger partial charge on any atom is 0.309 e. The summed E-state index contributed by atoms with van der Waals surface area (Å²) in [5.41, 5.74) is 1.30. The Bertz CT molecular complexity index is 1230. The lowest BCUT2D eigenvalue weighted by atomic mass is 10.1. The van der Waals surface area contributed by atoms with Gasteiger partial charge in [0.25, 0.3) is 0 Å². The number of aliphatic carboxylic acids is 1. The lowest BCUT2D eigenvalue weighted by molar-refractivity contribution is -0.136. The van der Waals surface area contributed by atoms with E-state index in [1.807, 2.05) is 45.0 Å². The van der Waals surface area contributed by atoms with Gasteiger partial charge in [-0.2, -0.15) is 9.40 Å². The fourth-order valence-electron chi connectivity index (χ4n) is 4.21. The summed E-state index contributed by atoms with van der Waals surface area (Å²) in [6, 6.07) is 13.8. The van der Waals surface area contributed by atoms with Crippen LogP contribution in [0.5, 0.6) is 5.75 Å². The van der Waals surface area contributed by atoms with Crippen molar-refractivity contribution in [3.8, 4) is 5.75 Å². The first-order valence-corrected chi connectivity index (χ1v) is 12.1. The normalized spacial score (nSPS) is 19.6. The summed E-state index contributed by atoms with van der Waals surface area (Å²) in [5, 5.41) is 14.6. The Hall–Kier alpha value is -2.91. The number of hydrogen-bond donors (Lipinski definition) is 1. The number of fused-ring (bicyclic) bond motifs is 1. The third-order valence-corrected chi connectivity index (χ3v) is 7.54. The van der Waals surface area contributed by atoms with Crippen LogP contribution in [0.25, 0.3) is 10.9 Å². The standard InChI is InChI=1S/C23H27N3O5S/c1-15(2)31-17-8-10-18(11-9-17)32(29,30)25-13-16(3)22(14-25)26-21-7-5-4-6-19(21)20(24-26)12-23(27)28/h4-11,15-16,22H,12-14H2,1-3H3,(H,27,28)/t16-,22-/m1/s1. The Morgan fingerprint density at radius 2 is 1.84 bits per heavy atom. The number of carboxylic acid groups (broad SMARTS) is 1. The van der Waals surface area contributed by atoms with Crippen molar-refractivity contribution in [1.82, 2.24) is 14.1 Å². The molecule has 2 atom stereocenters. The van der Waals surface area contributed by atoms with E-state index in [0.29, 0.717) is 18.0 Å². The highest BCUT2D eigenvalue weighted by molar-refractivity contribution is 7.89. The minimum absolute atomic E-state index is 0.00700. The molecule has 1 saturated heterocycles. The van der Waals surface area contributed by atoms with E-state index in [0.717, 1.165) is 10.9 Å². The van der Waals surface area contributed by atoms with Gasteiger partial charge in [0.15, 0.2) is 0 Å². The summed E-state index contributed by atoms with van der Waals surface area (Å²) in [6.07, 6.45) is -0.172. The van der Waals surface area contributed by atoms with Gasteiger partial charge in [-0.15, -0.1) is 0 Å². The molecule has 1 aromatic heterocycles. The number of benzene rings is 2. The summed E-state index contributed by atoms with van der Waals surface area (Å²) >= 11 is 0. The molecular formula is C23H27N3O5S. The fourth-order valence-corrected chi connectivity index (χ4v) is 5.77. The molecule has 0 amide bonds. The highest BCUT2D eigenvalue weighted by atomic mass is 32.2. The van der Waals surface area contributed by atoms with E-state index < -0.39 is 16.0 Å². The number of rotatable bonds is 7. The molecule has 0 unspecified atom stereocenters. The fraction of sp³-hybridized carbons (Fsp3) is 0.391. The van der Waals surface area contributed by atoms with E-state index in [-0.39, 0.29) is 35.9 Å². The molecule has 0 radical (unpaired) electrons. The molecule has 0 spiro atoms. The van der Waals surface area contributed by atoms with Crippen molar-refractivity contribution in [2.45, 2.75) is 44.2 Å². The highest BCUT2D eigenvalue weighted by Crippen LogP contribution is 2.34. The smallest absolute Gasteiger partial charge is 0.309 e. The lowest BCUT2D eigenvalue weighted by Crippen LogP contribution is -2.29. The number of para-hydroxylation sites is 1. The summed E-state index contributed by atoms with van der Waals surface area (Å²) < 4.78 is 35.5. The molecule has 1 fully saturated rings. The van der Waals surface area contributed by atoms with Gasteiger partial charge in [-0.05, 0) is 50.1 Å². The first-order chi connectivity index (χ1) is 15.2. The third-order valence-electron chi connectivity index (χ3n) is 5.70. The monoisotopic (exact) mass is 457 g/mol.